The van der Waals surface area contributed by atoms with Crippen molar-refractivity contribution < 1.29 is 9.53 Å². The fourth-order valence-electron chi connectivity index (χ4n) is 1.27. The number of nitrogens with zero attached hydrogens (tertiary/aromatic N) is 1. The lowest BCUT2D eigenvalue weighted by molar-refractivity contribution is -0.113. The number of ether oxygens (including phenoxy) is 1. The predicted octanol–water partition coefficient (Wildman–Crippen LogP) is 2.12. The Morgan fingerprint density at radius 2 is 2.31 bits per heavy atom. The highest BCUT2D eigenvalue weighted by Crippen LogP contribution is 2.25. The van der Waals surface area contributed by atoms with Gasteiger partial charge >= 0.3 is 5.70 Å². The molecule has 0 N–H and O–H groups in total. The van der Waals surface area contributed by atoms with Crippen molar-refractivity contribution in [2.24, 2.45) is 0 Å². The summed E-state index contributed by atoms with van der Waals surface area (Å²) in [6, 6.07) is 0. The van der Waals surface area contributed by atoms with E-state index in [1.54, 1.807) is 20.1 Å². The number of hydrogen-bond donors (Lipinski definition) is 0. The molecule has 0 radical (unpaired) electrons. The summed E-state index contributed by atoms with van der Waals surface area (Å²) in [4.78, 5) is 14.6. The maximum atomic E-state index is 11.0. The Morgan fingerprint density at radius 1 is 1.62 bits per heavy atom. The zero-order chi connectivity index (χ0) is 9.84. The van der Waals surface area contributed by atoms with Crippen molar-refractivity contribution >= 4 is 5.78 Å². The van der Waals surface area contributed by atoms with Gasteiger partial charge in [0, 0.05) is 0 Å². The van der Waals surface area contributed by atoms with Crippen LogP contribution in [0, 0.1) is 6.57 Å². The smallest absolute Gasteiger partial charge is 0.358 e. The summed E-state index contributed by atoms with van der Waals surface area (Å²) < 4.78 is 5.05. The molecule has 0 unspecified atom stereocenters. The van der Waals surface area contributed by atoms with E-state index >= 15 is 0 Å². The highest BCUT2D eigenvalue weighted by atomic mass is 16.5. The molecule has 0 saturated carbocycles. The molecular formula is C10H12NO2+. The zero-order valence-corrected chi connectivity index (χ0v) is 7.83. The third kappa shape index (κ3) is 1.97. The first-order valence-corrected chi connectivity index (χ1v) is 4.08. The molecule has 3 heteroatoms. The predicted molar refractivity (Wildman–Crippen MR) is 50.3 cm³/mol. The molecule has 68 valence electrons. The Kier molecular flexibility index (Phi) is 2.86. The summed E-state index contributed by atoms with van der Waals surface area (Å²) in [5.41, 5.74) is 1.48. The first-order chi connectivity index (χ1) is 6.19. The molecule has 0 aromatic rings. The lowest BCUT2D eigenvalue weighted by Crippen LogP contribution is -2.04. The average molecular weight is 178 g/mol. The molecule has 3 nitrogen and oxygen atoms in total. The molecule has 0 atom stereocenters. The lowest BCUT2D eigenvalue weighted by Gasteiger charge is -2.08. The summed E-state index contributed by atoms with van der Waals surface area (Å²) in [7, 11) is 1.54. The van der Waals surface area contributed by atoms with E-state index < -0.39 is 0 Å². The van der Waals surface area contributed by atoms with E-state index in [9.17, 15) is 4.79 Å². The number of rotatable bonds is 2. The molecule has 0 bridgehead atoms. The standard InChI is InChI=1S/C10H12NO2/c1-7(12)8-4-5-9(11-2)10(6-8)13-3/h2,6H,4-5H2,1,3H3/q+1. The second-order valence-electron chi connectivity index (χ2n) is 2.87. The van der Waals surface area contributed by atoms with Gasteiger partial charge in [-0.1, -0.05) is 0 Å². The highest BCUT2D eigenvalue weighted by molar-refractivity contribution is 5.94. The van der Waals surface area contributed by atoms with Crippen molar-refractivity contribution in [1.82, 2.24) is 0 Å². The van der Waals surface area contributed by atoms with E-state index in [4.69, 9.17) is 11.3 Å². The maximum absolute atomic E-state index is 11.0. The van der Waals surface area contributed by atoms with Crippen LogP contribution in [0.1, 0.15) is 19.8 Å². The first kappa shape index (κ1) is 9.53. The molecule has 0 saturated heterocycles. The molecule has 0 amide bonds. The van der Waals surface area contributed by atoms with Gasteiger partial charge < -0.3 is 4.74 Å². The SMILES string of the molecule is C#[N+]C1=C(OC)C=C(C(C)=O)CC1. The number of Topliss-reactive ketones (excluding diaryl/α,β-unsaturated/α-hetero) is 1. The normalized spacial score (nSPS) is 16.2. The molecule has 1 aliphatic rings. The van der Waals surface area contributed by atoms with E-state index in [0.717, 1.165) is 5.57 Å². The topological polar surface area (TPSA) is 30.7 Å². The van der Waals surface area contributed by atoms with Crippen molar-refractivity contribution in [3.63, 3.8) is 0 Å². The second-order valence-corrected chi connectivity index (χ2v) is 2.87. The van der Waals surface area contributed by atoms with Crippen LogP contribution in [0.4, 0.5) is 0 Å². The third-order valence-electron chi connectivity index (χ3n) is 2.05. The zero-order valence-electron chi connectivity index (χ0n) is 7.83. The largest absolute Gasteiger partial charge is 0.490 e. The second kappa shape index (κ2) is 3.90. The fraction of sp³-hybridized carbons (Fsp3) is 0.400. The number of carbonyl (C=O) groups excluding carboxylic acids is 1. The number of ketones is 1. The van der Waals surface area contributed by atoms with Crippen LogP contribution in [0.2, 0.25) is 0 Å². The maximum Gasteiger partial charge on any atom is 0.358 e. The Labute approximate surface area is 77.5 Å². The summed E-state index contributed by atoms with van der Waals surface area (Å²) >= 11 is 0. The fourth-order valence-corrected chi connectivity index (χ4v) is 1.27. The summed E-state index contributed by atoms with van der Waals surface area (Å²) in [6.07, 6.45) is 3.07. The average Bonchev–Trinajstić information content (AvgIpc) is 2.16. The first-order valence-electron chi connectivity index (χ1n) is 4.08. The van der Waals surface area contributed by atoms with E-state index in [1.807, 2.05) is 0 Å². The molecule has 0 aliphatic heterocycles. The molecule has 0 aromatic heterocycles. The summed E-state index contributed by atoms with van der Waals surface area (Å²) in [5.74, 6) is 0.671. The van der Waals surface area contributed by atoms with Gasteiger partial charge in [0.2, 0.25) is 5.76 Å². The van der Waals surface area contributed by atoms with E-state index in [1.165, 1.54) is 0 Å². The van der Waals surface area contributed by atoms with Crippen LogP contribution < -0.4 is 0 Å². The van der Waals surface area contributed by atoms with Crippen LogP contribution in [0.25, 0.3) is 4.85 Å². The van der Waals surface area contributed by atoms with E-state index in [-0.39, 0.29) is 5.78 Å². The molecule has 1 aliphatic carbocycles. The van der Waals surface area contributed by atoms with Gasteiger partial charge in [-0.15, -0.1) is 0 Å². The Bertz CT molecular complexity index is 331. The van der Waals surface area contributed by atoms with Crippen LogP contribution in [0.15, 0.2) is 23.1 Å². The Balaban J connectivity index is 3.01. The molecule has 1 rings (SSSR count). The van der Waals surface area contributed by atoms with Crippen LogP contribution in [-0.2, 0) is 9.53 Å². The van der Waals surface area contributed by atoms with Gasteiger partial charge in [0.1, 0.15) is 0 Å². The monoisotopic (exact) mass is 178 g/mol. The van der Waals surface area contributed by atoms with Crippen molar-refractivity contribution in [2.45, 2.75) is 19.8 Å². The van der Waals surface area contributed by atoms with Gasteiger partial charge in [-0.05, 0) is 29.8 Å². The molecule has 13 heavy (non-hydrogen) atoms. The van der Waals surface area contributed by atoms with E-state index in [2.05, 4.69) is 4.85 Å². The van der Waals surface area contributed by atoms with Crippen LogP contribution in [-0.4, -0.2) is 12.9 Å². The van der Waals surface area contributed by atoms with Gasteiger partial charge in [-0.25, -0.2) is 0 Å². The number of hydrogen-bond acceptors (Lipinski definition) is 2. The minimum Gasteiger partial charge on any atom is -0.490 e. The summed E-state index contributed by atoms with van der Waals surface area (Å²) in [5, 5.41) is 0. The molecular weight excluding hydrogens is 166 g/mol. The van der Waals surface area contributed by atoms with Crippen molar-refractivity contribution in [3.05, 3.63) is 28.0 Å². The van der Waals surface area contributed by atoms with Gasteiger partial charge in [0.25, 0.3) is 6.57 Å². The third-order valence-corrected chi connectivity index (χ3v) is 2.05. The number of carbonyl (C=O) groups is 1. The molecule has 0 aromatic carbocycles. The minimum absolute atomic E-state index is 0.0746. The van der Waals surface area contributed by atoms with Crippen molar-refractivity contribution in [2.75, 3.05) is 7.11 Å². The van der Waals surface area contributed by atoms with Crippen LogP contribution in [0.3, 0.4) is 0 Å². The minimum atomic E-state index is 0.0746. The molecule has 0 heterocycles. The quantitative estimate of drug-likeness (QED) is 0.648. The Hall–Kier alpha value is -1.56. The Morgan fingerprint density at radius 3 is 2.77 bits per heavy atom. The summed E-state index contributed by atoms with van der Waals surface area (Å²) in [6.45, 7) is 6.71. The van der Waals surface area contributed by atoms with Crippen LogP contribution >= 0.6 is 0 Å². The lowest BCUT2D eigenvalue weighted by atomic mass is 9.99. The van der Waals surface area contributed by atoms with Gasteiger partial charge in [0.05, 0.1) is 13.5 Å². The number of methoxy groups -OCH3 is 1. The highest BCUT2D eigenvalue weighted by Gasteiger charge is 2.22. The molecule has 0 spiro atoms. The van der Waals surface area contributed by atoms with Crippen molar-refractivity contribution in [1.29, 1.82) is 0 Å². The van der Waals surface area contributed by atoms with Gasteiger partial charge in [-0.3, -0.25) is 4.79 Å². The van der Waals surface area contributed by atoms with Crippen molar-refractivity contribution in [3.8, 4) is 6.57 Å². The van der Waals surface area contributed by atoms with Gasteiger partial charge in [-0.2, -0.15) is 0 Å². The van der Waals surface area contributed by atoms with E-state index in [0.29, 0.717) is 24.3 Å². The number of allylic oxidation sites excluding steroid dienone is 3. The van der Waals surface area contributed by atoms with Crippen LogP contribution in [0.5, 0.6) is 0 Å². The van der Waals surface area contributed by atoms with Gasteiger partial charge in [0.15, 0.2) is 5.78 Å². The molecule has 0 fully saturated rings.